The fourth-order valence-electron chi connectivity index (χ4n) is 2.80. The molecule has 0 saturated heterocycles. The molecular formula is C17H28OS2. The highest BCUT2D eigenvalue weighted by atomic mass is 32.2. The van der Waals surface area contributed by atoms with Gasteiger partial charge >= 0.3 is 0 Å². The monoisotopic (exact) mass is 312 g/mol. The van der Waals surface area contributed by atoms with Gasteiger partial charge in [-0.3, -0.25) is 0 Å². The summed E-state index contributed by atoms with van der Waals surface area (Å²) in [4.78, 5) is 2.66. The lowest BCUT2D eigenvalue weighted by Crippen LogP contribution is -2.03. The van der Waals surface area contributed by atoms with Gasteiger partial charge in [-0.15, -0.1) is 23.5 Å². The highest BCUT2D eigenvalue weighted by Gasteiger charge is 2.21. The summed E-state index contributed by atoms with van der Waals surface area (Å²) in [6.45, 7) is 6.61. The number of hydrogen-bond donors (Lipinski definition) is 1. The van der Waals surface area contributed by atoms with Crippen LogP contribution in [0.1, 0.15) is 56.7 Å². The zero-order valence-corrected chi connectivity index (χ0v) is 15.1. The van der Waals surface area contributed by atoms with E-state index in [9.17, 15) is 5.11 Å². The molecule has 1 aromatic carbocycles. The van der Waals surface area contributed by atoms with Crippen molar-refractivity contribution in [2.45, 2.75) is 69.1 Å². The van der Waals surface area contributed by atoms with Crippen LogP contribution < -0.4 is 0 Å². The van der Waals surface area contributed by atoms with Gasteiger partial charge in [-0.2, -0.15) is 0 Å². The van der Waals surface area contributed by atoms with E-state index in [2.05, 4.69) is 33.3 Å². The molecule has 0 heterocycles. The van der Waals surface area contributed by atoms with Gasteiger partial charge in [-0.1, -0.05) is 40.0 Å². The van der Waals surface area contributed by atoms with Gasteiger partial charge in [0.25, 0.3) is 0 Å². The van der Waals surface area contributed by atoms with Crippen LogP contribution in [0.5, 0.6) is 5.75 Å². The van der Waals surface area contributed by atoms with E-state index in [1.807, 2.05) is 0 Å². The summed E-state index contributed by atoms with van der Waals surface area (Å²) in [5.41, 5.74) is 3.84. The van der Waals surface area contributed by atoms with E-state index in [0.29, 0.717) is 5.75 Å². The van der Waals surface area contributed by atoms with Crippen molar-refractivity contribution in [1.29, 1.82) is 0 Å². The zero-order valence-electron chi connectivity index (χ0n) is 13.5. The van der Waals surface area contributed by atoms with Crippen molar-refractivity contribution in [2.24, 2.45) is 0 Å². The highest BCUT2D eigenvalue weighted by molar-refractivity contribution is 7.99. The molecule has 0 unspecified atom stereocenters. The molecule has 1 rings (SSSR count). The van der Waals surface area contributed by atoms with Crippen molar-refractivity contribution in [3.63, 3.8) is 0 Å². The maximum absolute atomic E-state index is 10.7. The fourth-order valence-corrected chi connectivity index (χ4v) is 4.65. The first kappa shape index (κ1) is 17.8. The van der Waals surface area contributed by atoms with Gasteiger partial charge in [-0.05, 0) is 37.3 Å². The zero-order chi connectivity index (χ0) is 15.1. The average Bonchev–Trinajstić information content (AvgIpc) is 2.45. The molecule has 20 heavy (non-hydrogen) atoms. The molecule has 114 valence electrons. The van der Waals surface area contributed by atoms with Gasteiger partial charge in [0, 0.05) is 20.9 Å². The van der Waals surface area contributed by atoms with Crippen LogP contribution in [0, 0.1) is 0 Å². The van der Waals surface area contributed by atoms with Gasteiger partial charge in [0.1, 0.15) is 5.75 Å². The first-order valence-electron chi connectivity index (χ1n) is 7.63. The number of phenols is 1. The molecule has 0 radical (unpaired) electrons. The summed E-state index contributed by atoms with van der Waals surface area (Å²) in [7, 11) is 0. The van der Waals surface area contributed by atoms with E-state index in [-0.39, 0.29) is 0 Å². The molecule has 1 N–H and O–H groups in total. The molecule has 1 nitrogen and oxygen atoms in total. The number of rotatable bonds is 8. The second-order valence-corrected chi connectivity index (χ2v) is 6.73. The molecular weight excluding hydrogens is 284 g/mol. The van der Waals surface area contributed by atoms with Gasteiger partial charge in [-0.25, -0.2) is 0 Å². The summed E-state index contributed by atoms with van der Waals surface area (Å²) in [5, 5.41) is 10.7. The van der Waals surface area contributed by atoms with Crippen LogP contribution in [0.15, 0.2) is 9.79 Å². The Bertz CT molecular complexity index is 406. The molecule has 0 bridgehead atoms. The summed E-state index contributed by atoms with van der Waals surface area (Å²) < 4.78 is 0. The second kappa shape index (κ2) is 8.89. The number of hydrogen-bond acceptors (Lipinski definition) is 3. The van der Waals surface area contributed by atoms with Crippen molar-refractivity contribution in [1.82, 2.24) is 0 Å². The molecule has 0 aromatic heterocycles. The summed E-state index contributed by atoms with van der Waals surface area (Å²) >= 11 is 3.60. The Kier molecular flexibility index (Phi) is 7.90. The second-order valence-electron chi connectivity index (χ2n) is 5.10. The van der Waals surface area contributed by atoms with E-state index in [0.717, 1.165) is 38.5 Å². The summed E-state index contributed by atoms with van der Waals surface area (Å²) in [6, 6.07) is 0. The predicted octanol–water partition coefficient (Wildman–Crippen LogP) is 5.69. The summed E-state index contributed by atoms with van der Waals surface area (Å²) in [5.74, 6) is 0.572. The Morgan fingerprint density at radius 3 is 1.35 bits per heavy atom. The molecule has 0 atom stereocenters. The lowest BCUT2D eigenvalue weighted by molar-refractivity contribution is 0.453. The van der Waals surface area contributed by atoms with Gasteiger partial charge in [0.2, 0.25) is 0 Å². The fraction of sp³-hybridized carbons (Fsp3) is 0.647. The third-order valence-corrected chi connectivity index (χ3v) is 5.38. The van der Waals surface area contributed by atoms with Crippen LogP contribution in [0.2, 0.25) is 0 Å². The van der Waals surface area contributed by atoms with Crippen LogP contribution in [-0.4, -0.2) is 17.6 Å². The topological polar surface area (TPSA) is 20.2 Å². The smallest absolute Gasteiger partial charge is 0.124 e. The van der Waals surface area contributed by atoms with E-state index in [4.69, 9.17) is 0 Å². The molecule has 3 heteroatoms. The third kappa shape index (κ3) is 3.67. The number of aromatic hydroxyl groups is 1. The molecule has 1 aromatic rings. The Balaban J connectivity index is 3.59. The maximum Gasteiger partial charge on any atom is 0.124 e. The van der Waals surface area contributed by atoms with Crippen molar-refractivity contribution >= 4 is 23.5 Å². The normalized spacial score (nSPS) is 11.1. The van der Waals surface area contributed by atoms with Crippen LogP contribution >= 0.6 is 23.5 Å². The molecule has 0 fully saturated rings. The van der Waals surface area contributed by atoms with Gasteiger partial charge < -0.3 is 5.11 Å². The van der Waals surface area contributed by atoms with Crippen LogP contribution in [0.3, 0.4) is 0 Å². The first-order chi connectivity index (χ1) is 9.65. The van der Waals surface area contributed by atoms with Crippen LogP contribution in [-0.2, 0) is 19.3 Å². The minimum atomic E-state index is 0.572. The number of thioether (sulfide) groups is 2. The largest absolute Gasteiger partial charge is 0.507 e. The van der Waals surface area contributed by atoms with E-state index >= 15 is 0 Å². The SMILES string of the molecule is CCCc1c(O)c(CCC)c(SC)c(CCC)c1SC. The molecule has 0 amide bonds. The van der Waals surface area contributed by atoms with Crippen molar-refractivity contribution in [3.8, 4) is 5.75 Å². The lowest BCUT2D eigenvalue weighted by atomic mass is 9.95. The Morgan fingerprint density at radius 1 is 0.700 bits per heavy atom. The first-order valence-corrected chi connectivity index (χ1v) is 10.1. The summed E-state index contributed by atoms with van der Waals surface area (Å²) in [6.07, 6.45) is 10.7. The molecule has 0 aliphatic heterocycles. The van der Waals surface area contributed by atoms with Crippen molar-refractivity contribution in [3.05, 3.63) is 16.7 Å². The number of phenolic OH excluding ortho intramolecular Hbond substituents is 1. The van der Waals surface area contributed by atoms with Gasteiger partial charge in [0.15, 0.2) is 0 Å². The van der Waals surface area contributed by atoms with Crippen molar-refractivity contribution in [2.75, 3.05) is 12.5 Å². The molecule has 0 spiro atoms. The van der Waals surface area contributed by atoms with Crippen molar-refractivity contribution < 1.29 is 5.11 Å². The standard InChI is InChI=1S/C17H28OS2/c1-6-9-12-15(18)13(10-7-2)17(20-5)14(11-8-3)16(12)19-4/h18H,6-11H2,1-5H3. The average molecular weight is 313 g/mol. The third-order valence-electron chi connectivity index (χ3n) is 3.58. The molecule has 0 aliphatic carbocycles. The van der Waals surface area contributed by atoms with Crippen LogP contribution in [0.4, 0.5) is 0 Å². The Labute approximate surface area is 132 Å². The Morgan fingerprint density at radius 2 is 1.05 bits per heavy atom. The minimum absolute atomic E-state index is 0.572. The number of benzene rings is 1. The maximum atomic E-state index is 10.7. The van der Waals surface area contributed by atoms with Gasteiger partial charge in [0.05, 0.1) is 0 Å². The minimum Gasteiger partial charge on any atom is -0.507 e. The quantitative estimate of drug-likeness (QED) is 0.622. The van der Waals surface area contributed by atoms with Crippen LogP contribution in [0.25, 0.3) is 0 Å². The van der Waals surface area contributed by atoms with E-state index in [1.165, 1.54) is 26.5 Å². The lowest BCUT2D eigenvalue weighted by Gasteiger charge is -2.22. The molecule has 0 saturated carbocycles. The Hall–Kier alpha value is -0.280. The highest BCUT2D eigenvalue weighted by Crippen LogP contribution is 2.43. The molecule has 0 aliphatic rings. The van der Waals surface area contributed by atoms with E-state index < -0.39 is 0 Å². The van der Waals surface area contributed by atoms with E-state index in [1.54, 1.807) is 23.5 Å². The predicted molar refractivity (Wildman–Crippen MR) is 93.7 cm³/mol.